The van der Waals surface area contributed by atoms with E-state index in [1.165, 1.54) is 73.0 Å². The Morgan fingerprint density at radius 2 is 0.968 bits per heavy atom. The number of hydrogen-bond donors (Lipinski definition) is 0. The average molecular weight is 839 g/mol. The molecule has 2 nitrogen and oxygen atoms in total. The minimum absolute atomic E-state index is 0.318. The number of hydrogen-bond acceptors (Lipinski definition) is 4. The lowest BCUT2D eigenvalue weighted by atomic mass is 9.67. The van der Waals surface area contributed by atoms with Crippen LogP contribution in [0, 0.1) is 18.6 Å². The topological polar surface area (TPSA) is 6.48 Å². The van der Waals surface area contributed by atoms with Gasteiger partial charge in [-0.2, -0.15) is 0 Å². The minimum Gasteiger partial charge on any atom is -0.310 e. The molecular weight excluding hydrogens is 803 g/mol. The number of fused-ring (bicyclic) bond motifs is 12. The van der Waals surface area contributed by atoms with Gasteiger partial charge in [-0.1, -0.05) is 109 Å². The predicted molar refractivity (Wildman–Crippen MR) is 255 cm³/mol. The van der Waals surface area contributed by atoms with Crippen molar-refractivity contribution in [2.75, 3.05) is 9.80 Å². The van der Waals surface area contributed by atoms with Crippen LogP contribution in [-0.2, 0) is 5.41 Å². The fourth-order valence-corrected chi connectivity index (χ4v) is 12.4. The van der Waals surface area contributed by atoms with E-state index in [0.29, 0.717) is 0 Å². The number of halogens is 2. The van der Waals surface area contributed by atoms with Gasteiger partial charge in [0.2, 0.25) is 0 Å². The number of nitrogens with zero attached hydrogens (tertiary/aromatic N) is 2. The molecule has 6 heteroatoms. The summed E-state index contributed by atoms with van der Waals surface area (Å²) in [5, 5.41) is 2.18. The smallest absolute Gasteiger partial charge is 0.123 e. The first-order valence-corrected chi connectivity index (χ1v) is 22.3. The predicted octanol–water partition coefficient (Wildman–Crippen LogP) is 16.4. The van der Waals surface area contributed by atoms with Crippen LogP contribution in [0.5, 0.6) is 0 Å². The Kier molecular flexibility index (Phi) is 8.50. The Morgan fingerprint density at radius 1 is 0.435 bits per heavy atom. The summed E-state index contributed by atoms with van der Waals surface area (Å²) in [7, 11) is 0. The van der Waals surface area contributed by atoms with Crippen LogP contribution in [0.15, 0.2) is 210 Å². The number of rotatable bonds is 6. The molecule has 62 heavy (non-hydrogen) atoms. The molecule has 1 aromatic heterocycles. The zero-order valence-corrected chi connectivity index (χ0v) is 35.2. The van der Waals surface area contributed by atoms with E-state index in [1.54, 1.807) is 35.6 Å². The van der Waals surface area contributed by atoms with Crippen molar-refractivity contribution in [3.05, 3.63) is 240 Å². The molecule has 0 amide bonds. The van der Waals surface area contributed by atoms with E-state index in [4.69, 9.17) is 0 Å². The van der Waals surface area contributed by atoms with Crippen molar-refractivity contribution in [1.29, 1.82) is 0 Å². The number of para-hydroxylation sites is 1. The van der Waals surface area contributed by atoms with Crippen molar-refractivity contribution in [2.45, 2.75) is 22.1 Å². The largest absolute Gasteiger partial charge is 0.310 e. The molecule has 0 saturated carbocycles. The van der Waals surface area contributed by atoms with E-state index >= 15 is 0 Å². The van der Waals surface area contributed by atoms with Crippen molar-refractivity contribution >= 4 is 77.4 Å². The monoisotopic (exact) mass is 838 g/mol. The van der Waals surface area contributed by atoms with Gasteiger partial charge in [-0.3, -0.25) is 0 Å². The Hall–Kier alpha value is -6.99. The quantitative estimate of drug-likeness (QED) is 0.165. The van der Waals surface area contributed by atoms with Crippen LogP contribution in [0.3, 0.4) is 0 Å². The molecule has 2 heterocycles. The number of aryl methyl sites for hydroxylation is 1. The summed E-state index contributed by atoms with van der Waals surface area (Å²) >= 11 is 3.63. The highest BCUT2D eigenvalue weighted by Crippen LogP contribution is 2.63. The molecule has 0 unspecified atom stereocenters. The van der Waals surface area contributed by atoms with Crippen LogP contribution in [0.4, 0.5) is 42.9 Å². The molecule has 1 aliphatic carbocycles. The maximum absolute atomic E-state index is 14.5. The summed E-state index contributed by atoms with van der Waals surface area (Å²) in [6.07, 6.45) is 0. The number of thiophene rings is 1. The van der Waals surface area contributed by atoms with Crippen LogP contribution in [0.25, 0.3) is 31.3 Å². The molecule has 10 aromatic rings. The Labute approximate surface area is 367 Å². The van der Waals surface area contributed by atoms with Gasteiger partial charge < -0.3 is 9.80 Å². The van der Waals surface area contributed by atoms with Gasteiger partial charge in [0.15, 0.2) is 0 Å². The molecule has 1 spiro atoms. The molecule has 1 aliphatic heterocycles. The average Bonchev–Trinajstić information content (AvgIpc) is 3.83. The highest BCUT2D eigenvalue weighted by atomic mass is 32.2. The second-order valence-corrected chi connectivity index (χ2v) is 18.1. The second kappa shape index (κ2) is 14.3. The van der Waals surface area contributed by atoms with E-state index < -0.39 is 5.41 Å². The molecule has 0 radical (unpaired) electrons. The molecule has 0 atom stereocenters. The highest BCUT2D eigenvalue weighted by molar-refractivity contribution is 7.99. The van der Waals surface area contributed by atoms with Crippen molar-refractivity contribution < 1.29 is 8.78 Å². The van der Waals surface area contributed by atoms with Crippen LogP contribution in [-0.4, -0.2) is 0 Å². The van der Waals surface area contributed by atoms with E-state index in [1.807, 2.05) is 11.8 Å². The minimum atomic E-state index is -0.526. The lowest BCUT2D eigenvalue weighted by molar-refractivity contribution is 0.628. The van der Waals surface area contributed by atoms with Crippen molar-refractivity contribution in [2.24, 2.45) is 0 Å². The van der Waals surface area contributed by atoms with Gasteiger partial charge in [-0.25, -0.2) is 8.78 Å². The van der Waals surface area contributed by atoms with Gasteiger partial charge in [-0.05, 0) is 149 Å². The molecule has 296 valence electrons. The zero-order valence-electron chi connectivity index (χ0n) is 33.5. The summed E-state index contributed by atoms with van der Waals surface area (Å²) in [5.74, 6) is -0.636. The van der Waals surface area contributed by atoms with Crippen molar-refractivity contribution in [1.82, 2.24) is 0 Å². The SMILES string of the molecule is Cc1ccc2c(c1)sc1c(N(c3ccccc3)c3ccc4c(c3)C3(c5ccccc5Sc5ccccc53)c3ccccc3-4)ccc(N(c3ccc(F)cc3)c3ccc(F)cc3)c12. The first-order chi connectivity index (χ1) is 30.5. The van der Waals surface area contributed by atoms with Crippen LogP contribution < -0.4 is 9.80 Å². The fourth-order valence-electron chi connectivity index (χ4n) is 9.91. The summed E-state index contributed by atoms with van der Waals surface area (Å²) in [5.41, 5.74) is 13.9. The van der Waals surface area contributed by atoms with E-state index in [-0.39, 0.29) is 11.6 Å². The fraction of sp³-hybridized carbons (Fsp3) is 0.0357. The highest BCUT2D eigenvalue weighted by Gasteiger charge is 2.50. The van der Waals surface area contributed by atoms with Crippen molar-refractivity contribution in [3.8, 4) is 11.1 Å². The molecule has 9 aromatic carbocycles. The molecule has 0 saturated heterocycles. The van der Waals surface area contributed by atoms with Gasteiger partial charge in [0.25, 0.3) is 0 Å². The molecule has 0 N–H and O–H groups in total. The summed E-state index contributed by atoms with van der Waals surface area (Å²) < 4.78 is 31.2. The number of anilines is 6. The first kappa shape index (κ1) is 36.8. The van der Waals surface area contributed by atoms with Crippen molar-refractivity contribution in [3.63, 3.8) is 0 Å². The van der Waals surface area contributed by atoms with Gasteiger partial charge in [0.1, 0.15) is 11.6 Å². The van der Waals surface area contributed by atoms with Crippen LogP contribution in [0.1, 0.15) is 27.8 Å². The van der Waals surface area contributed by atoms with Crippen LogP contribution in [0.2, 0.25) is 0 Å². The molecular formula is C56H36F2N2S2. The third-order valence-electron chi connectivity index (χ3n) is 12.5. The van der Waals surface area contributed by atoms with Gasteiger partial charge in [0.05, 0.1) is 21.5 Å². The Morgan fingerprint density at radius 3 is 1.65 bits per heavy atom. The second-order valence-electron chi connectivity index (χ2n) is 16.0. The van der Waals surface area contributed by atoms with E-state index in [0.717, 1.165) is 54.3 Å². The lowest BCUT2D eigenvalue weighted by Gasteiger charge is -2.40. The Bertz CT molecular complexity index is 3290. The molecule has 12 rings (SSSR count). The Balaban J connectivity index is 1.14. The maximum Gasteiger partial charge on any atom is 0.123 e. The maximum atomic E-state index is 14.5. The van der Waals surface area contributed by atoms with Gasteiger partial charge in [-0.15, -0.1) is 11.3 Å². The van der Waals surface area contributed by atoms with E-state index in [9.17, 15) is 8.78 Å². The van der Waals surface area contributed by atoms with E-state index in [2.05, 4.69) is 168 Å². The van der Waals surface area contributed by atoms with Gasteiger partial charge >= 0.3 is 0 Å². The number of benzene rings is 9. The molecule has 0 bridgehead atoms. The summed E-state index contributed by atoms with van der Waals surface area (Å²) in [4.78, 5) is 7.05. The lowest BCUT2D eigenvalue weighted by Crippen LogP contribution is -2.32. The van der Waals surface area contributed by atoms with Crippen LogP contribution >= 0.6 is 23.1 Å². The zero-order chi connectivity index (χ0) is 41.5. The third-order valence-corrected chi connectivity index (χ3v) is 14.8. The standard InChI is InChI=1S/C56H36F2N2S2/c1-35-19-29-44-53(33-35)62-55-50(32-31-49(54(44)55)59(39-24-20-36(57)21-25-39)40-26-22-37(58)23-27-40)60(38-11-3-2-4-12-38)41-28-30-43-42-13-5-6-14-45(42)56(48(43)34-41)46-15-7-9-17-51(46)61-52-18-10-8-16-47(52)56/h2-34H,1H3. The van der Waals surface area contributed by atoms with Gasteiger partial charge in [0, 0.05) is 48.0 Å². The first-order valence-electron chi connectivity index (χ1n) is 20.7. The molecule has 2 aliphatic rings. The summed E-state index contributed by atoms with van der Waals surface area (Å²) in [6.45, 7) is 2.13. The molecule has 0 fully saturated rings. The third kappa shape index (κ3) is 5.53. The normalized spacial score (nSPS) is 13.1. The summed E-state index contributed by atoms with van der Waals surface area (Å²) in [6, 6.07) is 68.5.